The lowest BCUT2D eigenvalue weighted by Crippen LogP contribution is -2.11. The molecule has 1 aliphatic carbocycles. The van der Waals surface area contributed by atoms with Crippen LogP contribution in [0.5, 0.6) is 0 Å². The molecule has 21 heavy (non-hydrogen) atoms. The van der Waals surface area contributed by atoms with E-state index in [1.54, 1.807) is 6.20 Å². The molecule has 1 atom stereocenters. The van der Waals surface area contributed by atoms with Gasteiger partial charge in [-0.3, -0.25) is 9.78 Å². The topological polar surface area (TPSA) is 30.0 Å². The lowest BCUT2D eigenvalue weighted by molar-refractivity contribution is 0.0961. The van der Waals surface area contributed by atoms with Gasteiger partial charge in [-0.2, -0.15) is 0 Å². The van der Waals surface area contributed by atoms with Gasteiger partial charge in [0.05, 0.1) is 0 Å². The van der Waals surface area contributed by atoms with Gasteiger partial charge in [-0.05, 0) is 29.4 Å². The van der Waals surface area contributed by atoms with Gasteiger partial charge in [0.15, 0.2) is 5.78 Å². The van der Waals surface area contributed by atoms with Crippen LogP contribution in [0, 0.1) is 0 Å². The number of nitrogens with zero attached hydrogens (tertiary/aromatic N) is 1. The number of hydrogen-bond donors (Lipinski definition) is 0. The third kappa shape index (κ3) is 1.95. The number of hydrogen-bond acceptors (Lipinski definition) is 2. The Bertz CT molecular complexity index is 832. The zero-order valence-electron chi connectivity index (χ0n) is 11.6. The number of aryl methyl sites for hydroxylation is 1. The lowest BCUT2D eigenvalue weighted by Gasteiger charge is -2.12. The number of aromatic nitrogens is 1. The standard InChI is InChI=1S/C19H15NO/c21-19(17-10-9-13-5-1-3-7-15(13)17)18-12-20-11-14-6-2-4-8-16(14)18/h1-8,11-12,17H,9-10H2. The van der Waals surface area contributed by atoms with Gasteiger partial charge in [-0.15, -0.1) is 0 Å². The predicted octanol–water partition coefficient (Wildman–Crippen LogP) is 4.15. The molecular weight excluding hydrogens is 258 g/mol. The first-order chi connectivity index (χ1) is 10.3. The Morgan fingerprint density at radius 2 is 1.81 bits per heavy atom. The van der Waals surface area contributed by atoms with Crippen LogP contribution in [0.25, 0.3) is 10.8 Å². The van der Waals surface area contributed by atoms with Crippen LogP contribution in [0.2, 0.25) is 0 Å². The Morgan fingerprint density at radius 3 is 2.76 bits per heavy atom. The molecule has 0 N–H and O–H groups in total. The quantitative estimate of drug-likeness (QED) is 0.657. The lowest BCUT2D eigenvalue weighted by atomic mass is 9.91. The van der Waals surface area contributed by atoms with Crippen LogP contribution in [0.3, 0.4) is 0 Å². The Kier molecular flexibility index (Phi) is 2.81. The maximum atomic E-state index is 13.0. The fraction of sp³-hybridized carbons (Fsp3) is 0.158. The van der Waals surface area contributed by atoms with E-state index in [1.165, 1.54) is 11.1 Å². The van der Waals surface area contributed by atoms with Crippen molar-refractivity contribution in [3.63, 3.8) is 0 Å². The van der Waals surface area contributed by atoms with Crippen LogP contribution in [-0.2, 0) is 6.42 Å². The molecule has 4 rings (SSSR count). The third-order valence-electron chi connectivity index (χ3n) is 4.38. The SMILES string of the molecule is O=C(c1cncc2ccccc12)C1CCc2ccccc21. The van der Waals surface area contributed by atoms with Crippen LogP contribution in [-0.4, -0.2) is 10.8 Å². The second kappa shape index (κ2) is 4.81. The second-order valence-electron chi connectivity index (χ2n) is 5.56. The van der Waals surface area contributed by atoms with E-state index in [9.17, 15) is 4.79 Å². The van der Waals surface area contributed by atoms with Crippen LogP contribution >= 0.6 is 0 Å². The second-order valence-corrected chi connectivity index (χ2v) is 5.56. The average molecular weight is 273 g/mol. The van der Waals surface area contributed by atoms with E-state index in [2.05, 4.69) is 17.1 Å². The maximum absolute atomic E-state index is 13.0. The van der Waals surface area contributed by atoms with E-state index in [0.717, 1.165) is 29.2 Å². The summed E-state index contributed by atoms with van der Waals surface area (Å²) in [6.07, 6.45) is 5.42. The van der Waals surface area contributed by atoms with Crippen molar-refractivity contribution in [3.05, 3.63) is 77.6 Å². The predicted molar refractivity (Wildman–Crippen MR) is 83.6 cm³/mol. The zero-order valence-corrected chi connectivity index (χ0v) is 11.6. The van der Waals surface area contributed by atoms with Gasteiger partial charge in [0.2, 0.25) is 0 Å². The fourth-order valence-corrected chi connectivity index (χ4v) is 3.33. The highest BCUT2D eigenvalue weighted by atomic mass is 16.1. The number of carbonyl (C=O) groups is 1. The molecule has 0 aliphatic heterocycles. The number of rotatable bonds is 2. The summed E-state index contributed by atoms with van der Waals surface area (Å²) < 4.78 is 0. The molecule has 2 nitrogen and oxygen atoms in total. The number of benzene rings is 2. The molecule has 0 spiro atoms. The number of Topliss-reactive ketones (excluding diaryl/α,β-unsaturated/α-hetero) is 1. The minimum Gasteiger partial charge on any atom is -0.293 e. The summed E-state index contributed by atoms with van der Waals surface area (Å²) in [4.78, 5) is 17.2. The molecule has 0 radical (unpaired) electrons. The van der Waals surface area contributed by atoms with Crippen LogP contribution < -0.4 is 0 Å². The first kappa shape index (κ1) is 12.3. The molecular formula is C19H15NO. The number of carbonyl (C=O) groups excluding carboxylic acids is 1. The molecule has 0 bridgehead atoms. The van der Waals surface area contributed by atoms with Crippen molar-refractivity contribution in [1.29, 1.82) is 0 Å². The largest absolute Gasteiger partial charge is 0.293 e. The Balaban J connectivity index is 1.82. The maximum Gasteiger partial charge on any atom is 0.172 e. The molecule has 1 aromatic heterocycles. The van der Waals surface area contributed by atoms with Gasteiger partial charge >= 0.3 is 0 Å². The minimum absolute atomic E-state index is 0.0196. The first-order valence-electron chi connectivity index (χ1n) is 7.29. The summed E-state index contributed by atoms with van der Waals surface area (Å²) in [5.74, 6) is 0.179. The molecule has 2 aromatic carbocycles. The van der Waals surface area contributed by atoms with Crippen molar-refractivity contribution in [2.75, 3.05) is 0 Å². The van der Waals surface area contributed by atoms with Crippen LogP contribution in [0.4, 0.5) is 0 Å². The minimum atomic E-state index is -0.0196. The summed E-state index contributed by atoms with van der Waals surface area (Å²) in [6.45, 7) is 0. The Hall–Kier alpha value is -2.48. The molecule has 1 heterocycles. The summed E-state index contributed by atoms with van der Waals surface area (Å²) in [6, 6.07) is 16.2. The molecule has 0 saturated heterocycles. The highest BCUT2D eigenvalue weighted by molar-refractivity contribution is 6.10. The van der Waals surface area contributed by atoms with Gasteiger partial charge in [0.25, 0.3) is 0 Å². The molecule has 102 valence electrons. The summed E-state index contributed by atoms with van der Waals surface area (Å²) in [7, 11) is 0. The summed E-state index contributed by atoms with van der Waals surface area (Å²) in [5.41, 5.74) is 3.24. The van der Waals surface area contributed by atoms with E-state index in [1.807, 2.05) is 42.6 Å². The van der Waals surface area contributed by atoms with Crippen molar-refractivity contribution in [1.82, 2.24) is 4.98 Å². The smallest absolute Gasteiger partial charge is 0.172 e. The molecule has 0 fully saturated rings. The zero-order chi connectivity index (χ0) is 14.2. The monoisotopic (exact) mass is 273 g/mol. The van der Waals surface area contributed by atoms with E-state index in [0.29, 0.717) is 0 Å². The van der Waals surface area contributed by atoms with Crippen molar-refractivity contribution < 1.29 is 4.79 Å². The molecule has 1 unspecified atom stereocenters. The van der Waals surface area contributed by atoms with Gasteiger partial charge < -0.3 is 0 Å². The van der Waals surface area contributed by atoms with Gasteiger partial charge in [-0.1, -0.05) is 48.5 Å². The van der Waals surface area contributed by atoms with E-state index >= 15 is 0 Å². The number of pyridine rings is 1. The summed E-state index contributed by atoms with van der Waals surface area (Å²) >= 11 is 0. The van der Waals surface area contributed by atoms with Gasteiger partial charge in [-0.25, -0.2) is 0 Å². The fourth-order valence-electron chi connectivity index (χ4n) is 3.33. The van der Waals surface area contributed by atoms with Gasteiger partial charge in [0.1, 0.15) is 0 Å². The first-order valence-corrected chi connectivity index (χ1v) is 7.29. The van der Waals surface area contributed by atoms with Crippen molar-refractivity contribution in [3.8, 4) is 0 Å². The Labute approximate surface area is 123 Å². The van der Waals surface area contributed by atoms with Crippen molar-refractivity contribution in [2.24, 2.45) is 0 Å². The molecule has 2 heteroatoms. The van der Waals surface area contributed by atoms with E-state index < -0.39 is 0 Å². The van der Waals surface area contributed by atoms with E-state index in [4.69, 9.17) is 0 Å². The van der Waals surface area contributed by atoms with E-state index in [-0.39, 0.29) is 11.7 Å². The third-order valence-corrected chi connectivity index (χ3v) is 4.38. The Morgan fingerprint density at radius 1 is 1.00 bits per heavy atom. The summed E-state index contributed by atoms with van der Waals surface area (Å²) in [5, 5.41) is 2.02. The number of ketones is 1. The number of fused-ring (bicyclic) bond motifs is 2. The highest BCUT2D eigenvalue weighted by Crippen LogP contribution is 2.36. The molecule has 3 aromatic rings. The molecule has 0 saturated carbocycles. The molecule has 1 aliphatic rings. The van der Waals surface area contributed by atoms with Gasteiger partial charge in [0, 0.05) is 29.3 Å². The van der Waals surface area contributed by atoms with Crippen LogP contribution in [0.1, 0.15) is 33.8 Å². The van der Waals surface area contributed by atoms with Crippen LogP contribution in [0.15, 0.2) is 60.9 Å². The highest BCUT2D eigenvalue weighted by Gasteiger charge is 2.29. The van der Waals surface area contributed by atoms with Crippen molar-refractivity contribution in [2.45, 2.75) is 18.8 Å². The molecule has 0 amide bonds. The normalized spacial score (nSPS) is 16.9. The van der Waals surface area contributed by atoms with Crippen molar-refractivity contribution >= 4 is 16.6 Å². The average Bonchev–Trinajstić information content (AvgIpc) is 2.98.